The summed E-state index contributed by atoms with van der Waals surface area (Å²) in [4.78, 5) is 17.6. The molecule has 0 unspecified atom stereocenters. The SMILES string of the molecule is O=C1NC(=Nc2ccc(Cl)cc2)S/C1=C\c1c(OS(=O)(=O)c2ccccc2)ccc2ccccc12. The molecule has 6 nitrogen and oxygen atoms in total. The number of thioether (sulfide) groups is 1. The third-order valence-corrected chi connectivity index (χ3v) is 7.56. The number of carbonyl (C=O) groups is 1. The predicted octanol–water partition coefficient (Wildman–Crippen LogP) is 6.15. The summed E-state index contributed by atoms with van der Waals surface area (Å²) in [7, 11) is -4.08. The first-order valence-corrected chi connectivity index (χ1v) is 13.1. The van der Waals surface area contributed by atoms with Gasteiger partial charge in [0.25, 0.3) is 5.91 Å². The molecule has 0 aliphatic carbocycles. The van der Waals surface area contributed by atoms with Crippen molar-refractivity contribution in [3.05, 3.63) is 106 Å². The van der Waals surface area contributed by atoms with Gasteiger partial charge in [-0.2, -0.15) is 8.42 Å². The first-order chi connectivity index (χ1) is 16.9. The van der Waals surface area contributed by atoms with Crippen molar-refractivity contribution in [2.45, 2.75) is 4.90 Å². The number of rotatable bonds is 5. The van der Waals surface area contributed by atoms with Crippen LogP contribution < -0.4 is 9.50 Å². The van der Waals surface area contributed by atoms with Crippen molar-refractivity contribution in [2.24, 2.45) is 4.99 Å². The van der Waals surface area contributed by atoms with Crippen molar-refractivity contribution in [3.8, 4) is 5.75 Å². The van der Waals surface area contributed by atoms with Gasteiger partial charge in [-0.3, -0.25) is 4.79 Å². The average Bonchev–Trinajstić information content (AvgIpc) is 3.21. The van der Waals surface area contributed by atoms with E-state index in [2.05, 4.69) is 10.3 Å². The third kappa shape index (κ3) is 5.09. The number of nitrogens with one attached hydrogen (secondary N) is 1. The molecule has 4 aromatic rings. The van der Waals surface area contributed by atoms with E-state index in [1.54, 1.807) is 60.7 Å². The molecule has 1 N–H and O–H groups in total. The van der Waals surface area contributed by atoms with Crippen LogP contribution in [0.15, 0.2) is 106 Å². The fourth-order valence-electron chi connectivity index (χ4n) is 3.50. The lowest BCUT2D eigenvalue weighted by molar-refractivity contribution is -0.115. The Bertz CT molecular complexity index is 1600. The number of benzene rings is 4. The molecule has 0 aromatic heterocycles. The molecule has 0 saturated carbocycles. The highest BCUT2D eigenvalue weighted by Crippen LogP contribution is 2.36. The fourth-order valence-corrected chi connectivity index (χ4v) is 5.41. The lowest BCUT2D eigenvalue weighted by atomic mass is 10.0. The van der Waals surface area contributed by atoms with Gasteiger partial charge < -0.3 is 9.50 Å². The van der Waals surface area contributed by atoms with Crippen LogP contribution in [-0.2, 0) is 14.9 Å². The smallest absolute Gasteiger partial charge is 0.339 e. The van der Waals surface area contributed by atoms with Crippen molar-refractivity contribution in [3.63, 3.8) is 0 Å². The highest BCUT2D eigenvalue weighted by molar-refractivity contribution is 8.18. The van der Waals surface area contributed by atoms with Gasteiger partial charge in [0, 0.05) is 10.6 Å². The van der Waals surface area contributed by atoms with Gasteiger partial charge in [0.1, 0.15) is 4.90 Å². The first kappa shape index (κ1) is 23.2. The highest BCUT2D eigenvalue weighted by atomic mass is 35.5. The lowest BCUT2D eigenvalue weighted by Gasteiger charge is -2.12. The van der Waals surface area contributed by atoms with Gasteiger partial charge in [0.2, 0.25) is 0 Å². The van der Waals surface area contributed by atoms with E-state index in [0.717, 1.165) is 22.5 Å². The number of halogens is 1. The van der Waals surface area contributed by atoms with Gasteiger partial charge in [-0.1, -0.05) is 60.1 Å². The first-order valence-electron chi connectivity index (χ1n) is 10.5. The molecule has 0 bridgehead atoms. The summed E-state index contributed by atoms with van der Waals surface area (Å²) < 4.78 is 31.4. The summed E-state index contributed by atoms with van der Waals surface area (Å²) in [6.45, 7) is 0. The number of hydrogen-bond acceptors (Lipinski definition) is 6. The fraction of sp³-hybridized carbons (Fsp3) is 0. The van der Waals surface area contributed by atoms with Crippen molar-refractivity contribution >= 4 is 67.1 Å². The van der Waals surface area contributed by atoms with Gasteiger partial charge in [0.05, 0.1) is 10.6 Å². The maximum atomic E-state index is 12.9. The van der Waals surface area contributed by atoms with Crippen LogP contribution in [0.5, 0.6) is 5.75 Å². The van der Waals surface area contributed by atoms with Crippen LogP contribution in [-0.4, -0.2) is 19.5 Å². The molecule has 174 valence electrons. The van der Waals surface area contributed by atoms with E-state index in [4.69, 9.17) is 15.8 Å². The number of aliphatic imine (C=N–C) groups is 1. The van der Waals surface area contributed by atoms with E-state index in [1.165, 1.54) is 12.1 Å². The number of nitrogens with zero attached hydrogens (tertiary/aromatic N) is 1. The van der Waals surface area contributed by atoms with Crippen LogP contribution in [0, 0.1) is 0 Å². The molecule has 1 amide bonds. The average molecular weight is 521 g/mol. The standard InChI is InChI=1S/C26H17ClN2O4S2/c27-18-11-13-19(14-12-18)28-26-29-25(30)24(34-26)16-22-21-9-5-4-6-17(21)10-15-23(22)33-35(31,32)20-7-2-1-3-8-20/h1-16H,(H,28,29,30)/b24-16-. The van der Waals surface area contributed by atoms with Gasteiger partial charge in [-0.05, 0) is 71.1 Å². The number of carbonyl (C=O) groups excluding carboxylic acids is 1. The van der Waals surface area contributed by atoms with Crippen LogP contribution in [0.1, 0.15) is 5.56 Å². The zero-order valence-corrected chi connectivity index (χ0v) is 20.4. The molecule has 4 aromatic carbocycles. The van der Waals surface area contributed by atoms with E-state index < -0.39 is 10.1 Å². The minimum atomic E-state index is -4.08. The molecule has 35 heavy (non-hydrogen) atoms. The van der Waals surface area contributed by atoms with E-state index in [1.807, 2.05) is 24.3 Å². The Balaban J connectivity index is 1.55. The molecule has 1 fully saturated rings. The van der Waals surface area contributed by atoms with Crippen molar-refractivity contribution < 1.29 is 17.4 Å². The quantitative estimate of drug-likeness (QED) is 0.252. The second-order valence-corrected chi connectivity index (χ2v) is 10.5. The Morgan fingerprint density at radius 2 is 1.60 bits per heavy atom. The Morgan fingerprint density at radius 3 is 2.37 bits per heavy atom. The van der Waals surface area contributed by atoms with Crippen LogP contribution >= 0.6 is 23.4 Å². The largest absolute Gasteiger partial charge is 0.378 e. The van der Waals surface area contributed by atoms with Gasteiger partial charge >= 0.3 is 10.1 Å². The maximum Gasteiger partial charge on any atom is 0.339 e. The zero-order valence-electron chi connectivity index (χ0n) is 18.0. The van der Waals surface area contributed by atoms with Crippen molar-refractivity contribution in [2.75, 3.05) is 0 Å². The Kier molecular flexibility index (Phi) is 6.34. The maximum absolute atomic E-state index is 12.9. The predicted molar refractivity (Wildman–Crippen MR) is 140 cm³/mol. The Morgan fingerprint density at radius 1 is 0.886 bits per heavy atom. The number of hydrogen-bond donors (Lipinski definition) is 1. The molecule has 1 saturated heterocycles. The van der Waals surface area contributed by atoms with Crippen LogP contribution in [0.2, 0.25) is 5.02 Å². The summed E-state index contributed by atoms with van der Waals surface area (Å²) in [5.41, 5.74) is 1.12. The van der Waals surface area contributed by atoms with Crippen molar-refractivity contribution in [1.29, 1.82) is 0 Å². The van der Waals surface area contributed by atoms with Crippen LogP contribution in [0.3, 0.4) is 0 Å². The minimum absolute atomic E-state index is 0.0390. The summed E-state index contributed by atoms with van der Waals surface area (Å²) in [5, 5.41) is 5.36. The molecule has 0 atom stereocenters. The number of amides is 1. The minimum Gasteiger partial charge on any atom is -0.378 e. The number of amidine groups is 1. The Labute approximate surface area is 211 Å². The van der Waals surface area contributed by atoms with E-state index in [9.17, 15) is 13.2 Å². The van der Waals surface area contributed by atoms with Crippen LogP contribution in [0.4, 0.5) is 5.69 Å². The van der Waals surface area contributed by atoms with E-state index >= 15 is 0 Å². The molecular weight excluding hydrogens is 504 g/mol. The highest BCUT2D eigenvalue weighted by Gasteiger charge is 2.26. The molecule has 9 heteroatoms. The van der Waals surface area contributed by atoms with Gasteiger partial charge in [-0.15, -0.1) is 0 Å². The van der Waals surface area contributed by atoms with E-state index in [0.29, 0.717) is 26.3 Å². The topological polar surface area (TPSA) is 84.8 Å². The number of fused-ring (bicyclic) bond motifs is 1. The van der Waals surface area contributed by atoms with Gasteiger partial charge in [-0.25, -0.2) is 4.99 Å². The molecule has 0 radical (unpaired) electrons. The molecule has 1 aliphatic rings. The van der Waals surface area contributed by atoms with Crippen LogP contribution in [0.25, 0.3) is 16.8 Å². The lowest BCUT2D eigenvalue weighted by Crippen LogP contribution is -2.19. The second kappa shape index (κ2) is 9.58. The summed E-state index contributed by atoms with van der Waals surface area (Å²) in [6, 6.07) is 25.7. The third-order valence-electron chi connectivity index (χ3n) is 5.15. The normalized spacial score (nSPS) is 16.1. The summed E-state index contributed by atoms with van der Waals surface area (Å²) >= 11 is 7.08. The monoisotopic (exact) mass is 520 g/mol. The van der Waals surface area contributed by atoms with E-state index in [-0.39, 0.29) is 16.6 Å². The van der Waals surface area contributed by atoms with Crippen molar-refractivity contribution in [1.82, 2.24) is 5.32 Å². The Hall–Kier alpha value is -3.59. The summed E-state index contributed by atoms with van der Waals surface area (Å²) in [6.07, 6.45) is 1.63. The molecule has 1 heterocycles. The zero-order chi connectivity index (χ0) is 24.4. The molecule has 5 rings (SSSR count). The molecule has 0 spiro atoms. The molecule has 1 aliphatic heterocycles. The summed E-state index contributed by atoms with van der Waals surface area (Å²) in [5.74, 6) is -0.218. The second-order valence-electron chi connectivity index (χ2n) is 7.51. The molecular formula is C26H17ClN2O4S2. The van der Waals surface area contributed by atoms with Gasteiger partial charge in [0.15, 0.2) is 10.9 Å².